The Hall–Kier alpha value is -3.02. The van der Waals surface area contributed by atoms with E-state index in [4.69, 9.17) is 9.47 Å². The fourth-order valence-electron chi connectivity index (χ4n) is 4.06. The van der Waals surface area contributed by atoms with Crippen LogP contribution >= 0.6 is 0 Å². The van der Waals surface area contributed by atoms with E-state index in [1.165, 1.54) is 0 Å². The van der Waals surface area contributed by atoms with Crippen LogP contribution < -0.4 is 4.74 Å². The molecular weight excluding hydrogens is 356 g/mol. The molecule has 2 fully saturated rings. The summed E-state index contributed by atoms with van der Waals surface area (Å²) in [6.45, 7) is 3.90. The Kier molecular flexibility index (Phi) is 4.71. The Labute approximate surface area is 164 Å². The topological polar surface area (TPSA) is 59.1 Å². The van der Waals surface area contributed by atoms with E-state index in [9.17, 15) is 9.59 Å². The number of cyclic esters (lactones) is 1. The Bertz CT molecular complexity index is 913. The maximum Gasteiger partial charge on any atom is 0.410 e. The van der Waals surface area contributed by atoms with Crippen molar-refractivity contribution in [3.05, 3.63) is 54.1 Å². The molecule has 6 nitrogen and oxygen atoms in total. The van der Waals surface area contributed by atoms with Crippen molar-refractivity contribution < 1.29 is 19.1 Å². The normalized spacial score (nSPS) is 21.3. The predicted octanol–water partition coefficient (Wildman–Crippen LogP) is 3.42. The molecule has 2 heterocycles. The second-order valence-corrected chi connectivity index (χ2v) is 7.32. The zero-order valence-corrected chi connectivity index (χ0v) is 16.2. The summed E-state index contributed by atoms with van der Waals surface area (Å²) in [4.78, 5) is 28.8. The molecule has 146 valence electrons. The van der Waals surface area contributed by atoms with Crippen molar-refractivity contribution in [1.82, 2.24) is 9.80 Å². The zero-order valence-electron chi connectivity index (χ0n) is 16.2. The number of piperazine rings is 1. The minimum absolute atomic E-state index is 0.0171. The molecule has 0 bridgehead atoms. The highest BCUT2D eigenvalue weighted by atomic mass is 16.6. The molecule has 6 heteroatoms. The first-order valence-corrected chi connectivity index (χ1v) is 9.54. The van der Waals surface area contributed by atoms with Gasteiger partial charge in [0.2, 0.25) is 0 Å². The summed E-state index contributed by atoms with van der Waals surface area (Å²) in [5.74, 6) is 0.762. The Balaban J connectivity index is 1.58. The van der Waals surface area contributed by atoms with Gasteiger partial charge in [0.05, 0.1) is 12.6 Å². The number of methoxy groups -OCH3 is 1. The maximum atomic E-state index is 13.2. The smallest absolute Gasteiger partial charge is 0.410 e. The summed E-state index contributed by atoms with van der Waals surface area (Å²) in [6.07, 6.45) is 0.487. The number of nitrogens with zero attached hydrogens (tertiary/aromatic N) is 2. The summed E-state index contributed by atoms with van der Waals surface area (Å²) in [5.41, 5.74) is 2.20. The quantitative estimate of drug-likeness (QED) is 0.816. The number of rotatable bonds is 4. The number of hydrogen-bond acceptors (Lipinski definition) is 4. The molecule has 0 radical (unpaired) electrons. The third-order valence-electron chi connectivity index (χ3n) is 5.79. The number of fused-ring (bicyclic) bond motifs is 1. The average molecular weight is 380 g/mol. The van der Waals surface area contributed by atoms with Gasteiger partial charge in [-0.3, -0.25) is 9.69 Å². The largest absolute Gasteiger partial charge is 0.497 e. The molecule has 1 unspecified atom stereocenters. The number of ether oxygens (including phenoxy) is 2. The Morgan fingerprint density at radius 1 is 1.14 bits per heavy atom. The van der Waals surface area contributed by atoms with E-state index in [2.05, 4.69) is 0 Å². The first kappa shape index (κ1) is 18.3. The molecule has 2 aromatic rings. The molecule has 2 aliphatic rings. The highest BCUT2D eigenvalue weighted by molar-refractivity contribution is 5.96. The fourth-order valence-corrected chi connectivity index (χ4v) is 4.06. The summed E-state index contributed by atoms with van der Waals surface area (Å²) in [7, 11) is 1.64. The summed E-state index contributed by atoms with van der Waals surface area (Å²) >= 11 is 0. The molecule has 2 saturated heterocycles. The van der Waals surface area contributed by atoms with E-state index >= 15 is 0 Å². The molecule has 0 saturated carbocycles. The Morgan fingerprint density at radius 3 is 2.64 bits per heavy atom. The lowest BCUT2D eigenvalue weighted by molar-refractivity contribution is 0.0362. The van der Waals surface area contributed by atoms with E-state index in [-0.39, 0.29) is 12.0 Å². The molecule has 1 atom stereocenters. The third-order valence-corrected chi connectivity index (χ3v) is 5.79. The van der Waals surface area contributed by atoms with E-state index in [0.29, 0.717) is 31.8 Å². The van der Waals surface area contributed by atoms with Crippen LogP contribution in [0.15, 0.2) is 48.5 Å². The minimum atomic E-state index is -0.407. The molecule has 2 aromatic carbocycles. The second-order valence-electron chi connectivity index (χ2n) is 7.32. The van der Waals surface area contributed by atoms with Gasteiger partial charge in [-0.1, -0.05) is 31.2 Å². The van der Waals surface area contributed by atoms with Crippen LogP contribution in [0.1, 0.15) is 23.7 Å². The predicted molar refractivity (Wildman–Crippen MR) is 105 cm³/mol. The van der Waals surface area contributed by atoms with Crippen molar-refractivity contribution in [2.45, 2.75) is 18.9 Å². The van der Waals surface area contributed by atoms with E-state index in [1.54, 1.807) is 12.0 Å². The van der Waals surface area contributed by atoms with Crippen LogP contribution in [0, 0.1) is 0 Å². The van der Waals surface area contributed by atoms with E-state index < -0.39 is 5.54 Å². The van der Waals surface area contributed by atoms with Gasteiger partial charge in [0, 0.05) is 25.2 Å². The highest BCUT2D eigenvalue weighted by Gasteiger charge is 2.50. The molecule has 0 N–H and O–H groups in total. The minimum Gasteiger partial charge on any atom is -0.497 e. The van der Waals surface area contributed by atoms with Gasteiger partial charge in [0.15, 0.2) is 0 Å². The van der Waals surface area contributed by atoms with Crippen LogP contribution in [0.5, 0.6) is 5.75 Å². The van der Waals surface area contributed by atoms with Crippen LogP contribution in [-0.2, 0) is 4.74 Å². The molecule has 0 spiro atoms. The lowest BCUT2D eigenvalue weighted by atomic mass is 9.92. The zero-order chi connectivity index (χ0) is 19.7. The van der Waals surface area contributed by atoms with Crippen molar-refractivity contribution in [3.8, 4) is 16.9 Å². The summed E-state index contributed by atoms with van der Waals surface area (Å²) in [6, 6.07) is 15.4. The van der Waals surface area contributed by atoms with Gasteiger partial charge in [0.25, 0.3) is 5.91 Å². The molecular formula is C22H24N2O4. The van der Waals surface area contributed by atoms with Gasteiger partial charge >= 0.3 is 6.09 Å². The molecule has 2 amide bonds. The number of hydrogen-bond donors (Lipinski definition) is 0. The van der Waals surface area contributed by atoms with Crippen molar-refractivity contribution in [1.29, 1.82) is 0 Å². The second kappa shape index (κ2) is 7.19. The van der Waals surface area contributed by atoms with Gasteiger partial charge in [-0.15, -0.1) is 0 Å². The standard InChI is InChI=1S/C22H24N2O4/c1-3-22-14-23(10-11-24(22)21(26)28-15-22)20(25)18-8-4-6-16(12-18)17-7-5-9-19(13-17)27-2/h4-9,12-13H,3,10-11,14-15H2,1-2H3. The van der Waals surface area contributed by atoms with Gasteiger partial charge in [-0.25, -0.2) is 4.79 Å². The van der Waals surface area contributed by atoms with E-state index in [1.807, 2.05) is 60.4 Å². The SMILES string of the molecule is CCC12COC(=O)N1CCN(C(=O)c1cccc(-c3cccc(OC)c3)c1)C2. The van der Waals surface area contributed by atoms with Crippen molar-refractivity contribution in [3.63, 3.8) is 0 Å². The summed E-state index contributed by atoms with van der Waals surface area (Å²) in [5, 5.41) is 0. The number of carbonyl (C=O) groups is 2. The number of benzene rings is 2. The van der Waals surface area contributed by atoms with Crippen molar-refractivity contribution >= 4 is 12.0 Å². The average Bonchev–Trinajstić information content (AvgIpc) is 3.10. The van der Waals surface area contributed by atoms with Crippen molar-refractivity contribution in [2.75, 3.05) is 33.4 Å². The molecule has 28 heavy (non-hydrogen) atoms. The van der Waals surface area contributed by atoms with Crippen LogP contribution in [0.25, 0.3) is 11.1 Å². The van der Waals surface area contributed by atoms with Crippen LogP contribution in [0.4, 0.5) is 4.79 Å². The lowest BCUT2D eigenvalue weighted by Crippen LogP contribution is -2.62. The van der Waals surface area contributed by atoms with Crippen molar-refractivity contribution in [2.24, 2.45) is 0 Å². The Morgan fingerprint density at radius 2 is 1.89 bits per heavy atom. The molecule has 2 aliphatic heterocycles. The molecule has 0 aliphatic carbocycles. The van der Waals surface area contributed by atoms with Gasteiger partial charge in [0.1, 0.15) is 12.4 Å². The molecule has 0 aromatic heterocycles. The fraction of sp³-hybridized carbons (Fsp3) is 0.364. The van der Waals surface area contributed by atoms with Gasteiger partial charge in [-0.2, -0.15) is 0 Å². The van der Waals surface area contributed by atoms with Crippen LogP contribution in [0.2, 0.25) is 0 Å². The first-order valence-electron chi connectivity index (χ1n) is 9.54. The maximum absolute atomic E-state index is 13.2. The summed E-state index contributed by atoms with van der Waals surface area (Å²) < 4.78 is 10.6. The van der Waals surface area contributed by atoms with E-state index in [0.717, 1.165) is 23.3 Å². The first-order chi connectivity index (χ1) is 13.6. The monoisotopic (exact) mass is 380 g/mol. The lowest BCUT2D eigenvalue weighted by Gasteiger charge is -2.44. The molecule has 4 rings (SSSR count). The van der Waals surface area contributed by atoms with Crippen LogP contribution in [0.3, 0.4) is 0 Å². The highest BCUT2D eigenvalue weighted by Crippen LogP contribution is 2.32. The van der Waals surface area contributed by atoms with Gasteiger partial charge < -0.3 is 14.4 Å². The number of amides is 2. The van der Waals surface area contributed by atoms with Gasteiger partial charge in [-0.05, 0) is 41.8 Å². The number of carbonyl (C=O) groups excluding carboxylic acids is 2. The third kappa shape index (κ3) is 3.09. The van der Waals surface area contributed by atoms with Crippen LogP contribution in [-0.4, -0.2) is 60.7 Å².